The molecular formula is C33H27BrFN5O7. The maximum atomic E-state index is 13.8. The van der Waals surface area contributed by atoms with Gasteiger partial charge in [-0.05, 0) is 96.5 Å². The predicted molar refractivity (Wildman–Crippen MR) is 175 cm³/mol. The van der Waals surface area contributed by atoms with Crippen molar-refractivity contribution in [3.05, 3.63) is 134 Å². The summed E-state index contributed by atoms with van der Waals surface area (Å²) in [6, 6.07) is 23.0. The molecule has 3 aromatic carbocycles. The topological polar surface area (TPSA) is 150 Å². The van der Waals surface area contributed by atoms with Crippen molar-refractivity contribution in [1.29, 1.82) is 0 Å². The summed E-state index contributed by atoms with van der Waals surface area (Å²) in [6.07, 6.45) is 1.19. The van der Waals surface area contributed by atoms with Crippen LogP contribution in [0, 0.1) is 29.8 Å². The molecule has 0 radical (unpaired) electrons. The van der Waals surface area contributed by atoms with Gasteiger partial charge in [0, 0.05) is 28.7 Å². The SMILES string of the molecule is Cc1ccc(C)n1-c1ccc(OCc2ccc(C(=O)N/N=C/c3cc(Br)c(OCC(=O)Nc4ccccc4F)c([N+](=O)[O-])c3)o2)cc1. The first kappa shape index (κ1) is 32.6. The van der Waals surface area contributed by atoms with E-state index in [0.29, 0.717) is 11.5 Å². The van der Waals surface area contributed by atoms with E-state index in [1.54, 1.807) is 12.1 Å². The highest BCUT2D eigenvalue weighted by molar-refractivity contribution is 9.10. The van der Waals surface area contributed by atoms with E-state index in [-0.39, 0.29) is 33.8 Å². The van der Waals surface area contributed by atoms with Crippen molar-refractivity contribution in [2.45, 2.75) is 20.5 Å². The third-order valence-corrected chi connectivity index (χ3v) is 7.34. The Morgan fingerprint density at radius 3 is 2.45 bits per heavy atom. The van der Waals surface area contributed by atoms with Gasteiger partial charge in [-0.1, -0.05) is 12.1 Å². The van der Waals surface area contributed by atoms with Gasteiger partial charge in [0.2, 0.25) is 5.75 Å². The van der Waals surface area contributed by atoms with Gasteiger partial charge in [-0.3, -0.25) is 19.7 Å². The molecule has 2 aromatic heterocycles. The lowest BCUT2D eigenvalue weighted by Crippen LogP contribution is -2.21. The number of nitro groups is 1. The molecule has 0 spiro atoms. The lowest BCUT2D eigenvalue weighted by Gasteiger charge is -2.10. The number of hydrazone groups is 1. The molecule has 0 aliphatic rings. The first-order valence-electron chi connectivity index (χ1n) is 14.0. The van der Waals surface area contributed by atoms with Crippen LogP contribution >= 0.6 is 15.9 Å². The molecule has 0 saturated carbocycles. The van der Waals surface area contributed by atoms with Gasteiger partial charge in [-0.25, -0.2) is 9.82 Å². The summed E-state index contributed by atoms with van der Waals surface area (Å²) in [5.74, 6) is -1.19. The number of carbonyl (C=O) groups excluding carboxylic acids is 2. The summed E-state index contributed by atoms with van der Waals surface area (Å²) >= 11 is 3.21. The number of hydrogen-bond donors (Lipinski definition) is 2. The van der Waals surface area contributed by atoms with Gasteiger partial charge in [0.05, 0.1) is 21.3 Å². The average Bonchev–Trinajstić information content (AvgIpc) is 3.66. The zero-order chi connectivity index (χ0) is 33.5. The highest BCUT2D eigenvalue weighted by Crippen LogP contribution is 2.36. The Kier molecular flexibility index (Phi) is 10.1. The molecule has 5 aromatic rings. The smallest absolute Gasteiger partial charge is 0.312 e. The van der Waals surface area contributed by atoms with Crippen LogP contribution in [-0.4, -0.2) is 34.1 Å². The number of para-hydroxylation sites is 1. The normalized spacial score (nSPS) is 11.0. The van der Waals surface area contributed by atoms with Crippen LogP contribution in [0.25, 0.3) is 5.69 Å². The van der Waals surface area contributed by atoms with Gasteiger partial charge in [0.1, 0.15) is 23.9 Å². The molecule has 0 aliphatic heterocycles. The minimum atomic E-state index is -0.718. The van der Waals surface area contributed by atoms with E-state index in [1.807, 2.05) is 38.1 Å². The van der Waals surface area contributed by atoms with Crippen LogP contribution in [0.1, 0.15) is 33.3 Å². The number of furan rings is 1. The van der Waals surface area contributed by atoms with Gasteiger partial charge in [0.15, 0.2) is 12.4 Å². The number of nitro benzene ring substituents is 1. The van der Waals surface area contributed by atoms with Crippen molar-refractivity contribution >= 4 is 45.3 Å². The van der Waals surface area contributed by atoms with E-state index >= 15 is 0 Å². The fourth-order valence-corrected chi connectivity index (χ4v) is 5.14. The summed E-state index contributed by atoms with van der Waals surface area (Å²) < 4.78 is 32.8. The number of ether oxygens (including phenoxy) is 2. The molecule has 240 valence electrons. The van der Waals surface area contributed by atoms with Crippen LogP contribution < -0.4 is 20.2 Å². The molecule has 0 bridgehead atoms. The quantitative estimate of drug-likeness (QED) is 0.0819. The van der Waals surface area contributed by atoms with Crippen LogP contribution in [-0.2, 0) is 11.4 Å². The molecule has 14 heteroatoms. The second-order valence-corrected chi connectivity index (χ2v) is 11.0. The van der Waals surface area contributed by atoms with Gasteiger partial charge >= 0.3 is 11.6 Å². The molecule has 0 aliphatic carbocycles. The lowest BCUT2D eigenvalue weighted by atomic mass is 10.2. The van der Waals surface area contributed by atoms with Crippen LogP contribution in [0.2, 0.25) is 0 Å². The first-order valence-corrected chi connectivity index (χ1v) is 14.8. The summed E-state index contributed by atoms with van der Waals surface area (Å²) in [4.78, 5) is 35.8. The molecule has 2 heterocycles. The highest BCUT2D eigenvalue weighted by atomic mass is 79.9. The molecule has 0 unspecified atom stereocenters. The summed E-state index contributed by atoms with van der Waals surface area (Å²) in [7, 11) is 0. The number of nitrogens with zero attached hydrogens (tertiary/aromatic N) is 3. The zero-order valence-electron chi connectivity index (χ0n) is 25.0. The highest BCUT2D eigenvalue weighted by Gasteiger charge is 2.21. The largest absolute Gasteiger partial charge is 0.486 e. The second-order valence-electron chi connectivity index (χ2n) is 10.1. The number of anilines is 1. The minimum absolute atomic E-state index is 0.0146. The number of amides is 2. The van der Waals surface area contributed by atoms with Crippen molar-refractivity contribution in [3.63, 3.8) is 0 Å². The Bertz CT molecular complexity index is 1950. The lowest BCUT2D eigenvalue weighted by molar-refractivity contribution is -0.385. The van der Waals surface area contributed by atoms with Gasteiger partial charge in [0.25, 0.3) is 5.91 Å². The third-order valence-electron chi connectivity index (χ3n) is 6.75. The monoisotopic (exact) mass is 703 g/mol. The molecule has 0 saturated heterocycles. The van der Waals surface area contributed by atoms with Crippen molar-refractivity contribution in [1.82, 2.24) is 9.99 Å². The zero-order valence-corrected chi connectivity index (χ0v) is 26.6. The Hall–Kier alpha value is -5.76. The fourth-order valence-electron chi connectivity index (χ4n) is 4.56. The fraction of sp³-hybridized carbons (Fsp3) is 0.121. The Balaban J connectivity index is 1.15. The van der Waals surface area contributed by atoms with Crippen molar-refractivity contribution in [2.75, 3.05) is 11.9 Å². The first-order chi connectivity index (χ1) is 22.6. The van der Waals surface area contributed by atoms with Crippen LogP contribution in [0.3, 0.4) is 0 Å². The van der Waals surface area contributed by atoms with E-state index in [4.69, 9.17) is 13.9 Å². The molecule has 2 amide bonds. The number of rotatable bonds is 12. The van der Waals surface area contributed by atoms with Crippen LogP contribution in [0.15, 0.2) is 98.9 Å². The predicted octanol–water partition coefficient (Wildman–Crippen LogP) is 6.86. The number of benzene rings is 3. The molecule has 0 atom stereocenters. The van der Waals surface area contributed by atoms with E-state index in [1.165, 1.54) is 36.5 Å². The summed E-state index contributed by atoms with van der Waals surface area (Å²) in [6.45, 7) is 3.55. The summed E-state index contributed by atoms with van der Waals surface area (Å²) in [5.41, 5.74) is 5.30. The number of carbonyl (C=O) groups is 2. The average molecular weight is 705 g/mol. The van der Waals surface area contributed by atoms with Crippen molar-refractivity contribution in [3.8, 4) is 17.2 Å². The number of hydrogen-bond acceptors (Lipinski definition) is 8. The minimum Gasteiger partial charge on any atom is -0.486 e. The van der Waals surface area contributed by atoms with Crippen LogP contribution in [0.5, 0.6) is 11.5 Å². The van der Waals surface area contributed by atoms with Gasteiger partial charge in [-0.15, -0.1) is 0 Å². The second kappa shape index (κ2) is 14.6. The third kappa shape index (κ3) is 8.10. The molecular weight excluding hydrogens is 677 g/mol. The van der Waals surface area contributed by atoms with E-state index in [0.717, 1.165) is 23.1 Å². The summed E-state index contributed by atoms with van der Waals surface area (Å²) in [5, 5.41) is 17.9. The standard InChI is InChI=1S/C33H27BrFN5O7/c1-20-7-8-21(2)39(20)23-9-11-24(12-10-23)45-18-25-13-14-30(47-25)33(42)38-36-17-22-15-26(34)32(29(16-22)40(43)44)46-19-31(41)37-28-6-4-3-5-27(28)35/h3-17H,18-19H2,1-2H3,(H,37,41)(H,38,42)/b36-17+. The Morgan fingerprint density at radius 1 is 1.02 bits per heavy atom. The molecule has 5 rings (SSSR count). The molecule has 12 nitrogen and oxygen atoms in total. The van der Waals surface area contributed by atoms with E-state index in [2.05, 4.69) is 48.5 Å². The Labute approximate surface area is 276 Å². The number of aryl methyl sites for hydroxylation is 2. The number of aromatic nitrogens is 1. The molecule has 47 heavy (non-hydrogen) atoms. The van der Waals surface area contributed by atoms with Crippen molar-refractivity contribution in [2.24, 2.45) is 5.10 Å². The van der Waals surface area contributed by atoms with E-state index in [9.17, 15) is 24.1 Å². The van der Waals surface area contributed by atoms with Crippen molar-refractivity contribution < 1.29 is 32.8 Å². The van der Waals surface area contributed by atoms with Gasteiger partial charge in [-0.2, -0.15) is 5.10 Å². The van der Waals surface area contributed by atoms with Crippen LogP contribution in [0.4, 0.5) is 15.8 Å². The van der Waals surface area contributed by atoms with Gasteiger partial charge < -0.3 is 23.8 Å². The molecule has 2 N–H and O–H groups in total. The molecule has 0 fully saturated rings. The Morgan fingerprint density at radius 2 is 1.74 bits per heavy atom. The van der Waals surface area contributed by atoms with E-state index < -0.39 is 34.8 Å². The number of nitrogens with one attached hydrogen (secondary N) is 2. The number of halogens is 2. The maximum absolute atomic E-state index is 13.8. The maximum Gasteiger partial charge on any atom is 0.312 e.